The summed E-state index contributed by atoms with van der Waals surface area (Å²) in [6.07, 6.45) is 0. The smallest absolute Gasteiger partial charge is 0.241 e. The SMILES string of the molecule is CC(NS(=O)(=O)c1ccc2c(c1)OCCO2)c1ccc(N2CCOCC2)cc1. The summed E-state index contributed by atoms with van der Waals surface area (Å²) < 4.78 is 44.6. The summed E-state index contributed by atoms with van der Waals surface area (Å²) in [6, 6.07) is 12.3. The molecule has 28 heavy (non-hydrogen) atoms. The molecule has 0 aromatic heterocycles. The molecule has 0 aliphatic carbocycles. The van der Waals surface area contributed by atoms with Crippen molar-refractivity contribution in [1.82, 2.24) is 4.72 Å². The zero-order valence-electron chi connectivity index (χ0n) is 15.8. The Bertz CT molecular complexity index is 924. The van der Waals surface area contributed by atoms with E-state index in [1.165, 1.54) is 12.1 Å². The average Bonchev–Trinajstić information content (AvgIpc) is 2.74. The van der Waals surface area contributed by atoms with Gasteiger partial charge >= 0.3 is 0 Å². The number of anilines is 1. The number of benzene rings is 2. The highest BCUT2D eigenvalue weighted by Gasteiger charge is 2.22. The Balaban J connectivity index is 1.47. The molecule has 0 bridgehead atoms. The molecule has 150 valence electrons. The van der Waals surface area contributed by atoms with Crippen LogP contribution in [0.4, 0.5) is 5.69 Å². The number of fused-ring (bicyclic) bond motifs is 1. The lowest BCUT2D eigenvalue weighted by Crippen LogP contribution is -2.36. The van der Waals surface area contributed by atoms with Gasteiger partial charge in [0.15, 0.2) is 11.5 Å². The summed E-state index contributed by atoms with van der Waals surface area (Å²) in [5.41, 5.74) is 2.02. The summed E-state index contributed by atoms with van der Waals surface area (Å²) in [6.45, 7) is 5.90. The van der Waals surface area contributed by atoms with Crippen LogP contribution in [0.2, 0.25) is 0 Å². The van der Waals surface area contributed by atoms with E-state index in [0.29, 0.717) is 24.7 Å². The molecule has 1 fully saturated rings. The van der Waals surface area contributed by atoms with Crippen molar-refractivity contribution in [2.24, 2.45) is 0 Å². The van der Waals surface area contributed by atoms with Crippen LogP contribution in [0.5, 0.6) is 11.5 Å². The number of sulfonamides is 1. The van der Waals surface area contributed by atoms with Crippen molar-refractivity contribution in [3.63, 3.8) is 0 Å². The van der Waals surface area contributed by atoms with Gasteiger partial charge < -0.3 is 19.1 Å². The number of hydrogen-bond donors (Lipinski definition) is 1. The van der Waals surface area contributed by atoms with Crippen LogP contribution in [0.1, 0.15) is 18.5 Å². The quantitative estimate of drug-likeness (QED) is 0.824. The lowest BCUT2D eigenvalue weighted by molar-refractivity contribution is 0.122. The number of nitrogens with zero attached hydrogens (tertiary/aromatic N) is 1. The van der Waals surface area contributed by atoms with E-state index in [1.54, 1.807) is 6.07 Å². The van der Waals surface area contributed by atoms with Gasteiger partial charge in [-0.15, -0.1) is 0 Å². The molecular formula is C20H24N2O5S. The minimum atomic E-state index is -3.68. The first-order valence-electron chi connectivity index (χ1n) is 9.37. The van der Waals surface area contributed by atoms with Crippen LogP contribution < -0.4 is 19.1 Å². The maximum absolute atomic E-state index is 12.8. The van der Waals surface area contributed by atoms with Crippen LogP contribution in [-0.4, -0.2) is 47.9 Å². The van der Waals surface area contributed by atoms with E-state index in [0.717, 1.165) is 37.6 Å². The fourth-order valence-electron chi connectivity index (χ4n) is 3.36. The number of nitrogens with one attached hydrogen (secondary N) is 1. The summed E-state index contributed by atoms with van der Waals surface area (Å²) in [5.74, 6) is 1.02. The molecule has 0 saturated carbocycles. The summed E-state index contributed by atoms with van der Waals surface area (Å²) in [5, 5.41) is 0. The normalized spacial score (nSPS) is 18.0. The Hall–Kier alpha value is -2.29. The van der Waals surface area contributed by atoms with Crippen LogP contribution in [0.15, 0.2) is 47.4 Å². The lowest BCUT2D eigenvalue weighted by Gasteiger charge is -2.29. The zero-order valence-corrected chi connectivity index (χ0v) is 16.6. The van der Waals surface area contributed by atoms with Crippen molar-refractivity contribution < 1.29 is 22.6 Å². The van der Waals surface area contributed by atoms with E-state index in [1.807, 2.05) is 31.2 Å². The third-order valence-corrected chi connectivity index (χ3v) is 6.46. The molecular weight excluding hydrogens is 380 g/mol. The number of morpholine rings is 1. The molecule has 2 aliphatic heterocycles. The molecule has 1 unspecified atom stereocenters. The maximum atomic E-state index is 12.8. The second-order valence-electron chi connectivity index (χ2n) is 6.84. The van der Waals surface area contributed by atoms with Gasteiger partial charge in [0, 0.05) is 30.9 Å². The second-order valence-corrected chi connectivity index (χ2v) is 8.55. The molecule has 2 heterocycles. The fraction of sp³-hybridized carbons (Fsp3) is 0.400. The van der Waals surface area contributed by atoms with Crippen molar-refractivity contribution in [3.05, 3.63) is 48.0 Å². The molecule has 8 heteroatoms. The molecule has 1 saturated heterocycles. The first kappa shape index (κ1) is 19.0. The number of hydrogen-bond acceptors (Lipinski definition) is 6. The third kappa shape index (κ3) is 4.09. The topological polar surface area (TPSA) is 77.1 Å². The summed E-state index contributed by atoms with van der Waals surface area (Å²) in [7, 11) is -3.68. The van der Waals surface area contributed by atoms with Crippen molar-refractivity contribution in [1.29, 1.82) is 0 Å². The third-order valence-electron chi connectivity index (χ3n) is 4.93. The molecule has 2 aliphatic rings. The van der Waals surface area contributed by atoms with Crippen LogP contribution in [0, 0.1) is 0 Å². The zero-order chi connectivity index (χ0) is 19.6. The van der Waals surface area contributed by atoms with E-state index in [2.05, 4.69) is 9.62 Å². The molecule has 2 aromatic carbocycles. The monoisotopic (exact) mass is 404 g/mol. The highest BCUT2D eigenvalue weighted by molar-refractivity contribution is 7.89. The van der Waals surface area contributed by atoms with Gasteiger partial charge in [-0.2, -0.15) is 0 Å². The van der Waals surface area contributed by atoms with Gasteiger partial charge in [0.25, 0.3) is 0 Å². The maximum Gasteiger partial charge on any atom is 0.241 e. The molecule has 0 spiro atoms. The highest BCUT2D eigenvalue weighted by Crippen LogP contribution is 2.32. The average molecular weight is 404 g/mol. The number of ether oxygens (including phenoxy) is 3. The van der Waals surface area contributed by atoms with Gasteiger partial charge in [-0.05, 0) is 36.8 Å². The van der Waals surface area contributed by atoms with Gasteiger partial charge in [0.05, 0.1) is 18.1 Å². The van der Waals surface area contributed by atoms with Gasteiger partial charge in [-0.3, -0.25) is 0 Å². The van der Waals surface area contributed by atoms with E-state index < -0.39 is 10.0 Å². The predicted molar refractivity (Wildman–Crippen MR) is 106 cm³/mol. The Kier molecular flexibility index (Phi) is 5.43. The van der Waals surface area contributed by atoms with Crippen LogP contribution in [-0.2, 0) is 14.8 Å². The van der Waals surface area contributed by atoms with E-state index in [-0.39, 0.29) is 10.9 Å². The van der Waals surface area contributed by atoms with Crippen molar-refractivity contribution in [2.75, 3.05) is 44.4 Å². The predicted octanol–water partition coefficient (Wildman–Crippen LogP) is 2.33. The van der Waals surface area contributed by atoms with Gasteiger partial charge in [-0.1, -0.05) is 12.1 Å². The Morgan fingerprint density at radius 2 is 1.61 bits per heavy atom. The van der Waals surface area contributed by atoms with Crippen LogP contribution >= 0.6 is 0 Å². The Morgan fingerprint density at radius 1 is 0.929 bits per heavy atom. The minimum absolute atomic E-state index is 0.161. The van der Waals surface area contributed by atoms with Crippen molar-refractivity contribution in [3.8, 4) is 11.5 Å². The largest absolute Gasteiger partial charge is 0.486 e. The highest BCUT2D eigenvalue weighted by atomic mass is 32.2. The van der Waals surface area contributed by atoms with Gasteiger partial charge in [0.2, 0.25) is 10.0 Å². The fourth-order valence-corrected chi connectivity index (χ4v) is 4.60. The van der Waals surface area contributed by atoms with Crippen molar-refractivity contribution >= 4 is 15.7 Å². The molecule has 1 N–H and O–H groups in total. The van der Waals surface area contributed by atoms with Crippen molar-refractivity contribution in [2.45, 2.75) is 17.9 Å². The minimum Gasteiger partial charge on any atom is -0.486 e. The van der Waals surface area contributed by atoms with E-state index in [4.69, 9.17) is 14.2 Å². The Labute approximate surface area is 165 Å². The van der Waals surface area contributed by atoms with Gasteiger partial charge in [0.1, 0.15) is 13.2 Å². The first-order valence-corrected chi connectivity index (χ1v) is 10.9. The summed E-state index contributed by atoms with van der Waals surface area (Å²) in [4.78, 5) is 2.42. The first-order chi connectivity index (χ1) is 13.5. The molecule has 7 nitrogen and oxygen atoms in total. The molecule has 4 rings (SSSR count). The summed E-state index contributed by atoms with van der Waals surface area (Å²) >= 11 is 0. The molecule has 0 amide bonds. The van der Waals surface area contributed by atoms with E-state index in [9.17, 15) is 8.42 Å². The van der Waals surface area contributed by atoms with Crippen LogP contribution in [0.25, 0.3) is 0 Å². The molecule has 1 atom stereocenters. The molecule has 2 aromatic rings. The van der Waals surface area contributed by atoms with E-state index >= 15 is 0 Å². The standard InChI is InChI=1S/C20H24N2O5S/c1-15(16-2-4-17(5-3-16)22-8-10-25-11-9-22)21-28(23,24)18-6-7-19-20(14-18)27-13-12-26-19/h2-7,14-15,21H,8-13H2,1H3. The lowest BCUT2D eigenvalue weighted by atomic mass is 10.1. The van der Waals surface area contributed by atoms with Crippen LogP contribution in [0.3, 0.4) is 0 Å². The molecule has 0 radical (unpaired) electrons. The number of rotatable bonds is 5. The Morgan fingerprint density at radius 3 is 2.32 bits per heavy atom. The second kappa shape index (κ2) is 7.98. The van der Waals surface area contributed by atoms with Gasteiger partial charge in [-0.25, -0.2) is 13.1 Å².